The number of aryl methyl sites for hydroxylation is 1. The van der Waals surface area contributed by atoms with E-state index in [2.05, 4.69) is 34.6 Å². The Balaban J connectivity index is 1.52. The van der Waals surface area contributed by atoms with Crippen molar-refractivity contribution in [3.05, 3.63) is 54.0 Å². The van der Waals surface area contributed by atoms with Crippen molar-refractivity contribution in [1.82, 2.24) is 20.1 Å². The van der Waals surface area contributed by atoms with E-state index in [0.29, 0.717) is 17.5 Å². The number of benzene rings is 1. The molecule has 26 heavy (non-hydrogen) atoms. The molecule has 1 atom stereocenters. The second-order valence-corrected chi connectivity index (χ2v) is 7.10. The molecular weight excluding hydrogens is 348 g/mol. The first kappa shape index (κ1) is 18.3. The zero-order valence-corrected chi connectivity index (χ0v) is 15.9. The molecular formula is C19H22N4O2S. The zero-order valence-electron chi connectivity index (χ0n) is 15.1. The summed E-state index contributed by atoms with van der Waals surface area (Å²) in [5, 5.41) is 12.1. The lowest BCUT2D eigenvalue weighted by Gasteiger charge is -2.12. The van der Waals surface area contributed by atoms with Crippen LogP contribution in [0.5, 0.6) is 0 Å². The number of carbonyl (C=O) groups is 1. The highest BCUT2D eigenvalue weighted by Gasteiger charge is 2.16. The molecule has 0 bridgehead atoms. The average Bonchev–Trinajstić information content (AvgIpc) is 3.23. The number of amides is 1. The van der Waals surface area contributed by atoms with Gasteiger partial charge in [-0.25, -0.2) is 0 Å². The van der Waals surface area contributed by atoms with E-state index in [0.717, 1.165) is 17.1 Å². The van der Waals surface area contributed by atoms with Crippen molar-refractivity contribution >= 4 is 17.7 Å². The number of furan rings is 1. The van der Waals surface area contributed by atoms with Crippen LogP contribution in [0.2, 0.25) is 0 Å². The number of nitrogens with one attached hydrogen (secondary N) is 1. The van der Waals surface area contributed by atoms with Crippen LogP contribution in [-0.2, 0) is 11.8 Å². The fraction of sp³-hybridized carbons (Fsp3) is 0.316. The van der Waals surface area contributed by atoms with Crippen molar-refractivity contribution < 1.29 is 9.21 Å². The van der Waals surface area contributed by atoms with Gasteiger partial charge in [0, 0.05) is 13.6 Å². The minimum absolute atomic E-state index is 0.0122. The molecule has 0 saturated heterocycles. The van der Waals surface area contributed by atoms with E-state index in [1.807, 2.05) is 42.8 Å². The summed E-state index contributed by atoms with van der Waals surface area (Å²) in [5.74, 6) is 2.09. The third-order valence-electron chi connectivity index (χ3n) is 4.24. The predicted octanol–water partition coefficient (Wildman–Crippen LogP) is 3.40. The summed E-state index contributed by atoms with van der Waals surface area (Å²) in [7, 11) is 1.89. The molecule has 6 nitrogen and oxygen atoms in total. The zero-order chi connectivity index (χ0) is 18.5. The van der Waals surface area contributed by atoms with Crippen LogP contribution in [0.25, 0.3) is 11.4 Å². The molecule has 0 radical (unpaired) electrons. The summed E-state index contributed by atoms with van der Waals surface area (Å²) in [6, 6.07) is 12.0. The van der Waals surface area contributed by atoms with Gasteiger partial charge >= 0.3 is 0 Å². The Kier molecular flexibility index (Phi) is 5.78. The lowest BCUT2D eigenvalue weighted by atomic mass is 10.0. The quantitative estimate of drug-likeness (QED) is 0.645. The van der Waals surface area contributed by atoms with Crippen molar-refractivity contribution in [2.75, 3.05) is 12.3 Å². The van der Waals surface area contributed by atoms with Crippen LogP contribution in [0.3, 0.4) is 0 Å². The van der Waals surface area contributed by atoms with Crippen LogP contribution in [-0.4, -0.2) is 33.0 Å². The molecule has 2 aromatic heterocycles. The molecule has 0 fully saturated rings. The summed E-state index contributed by atoms with van der Waals surface area (Å²) in [6.07, 6.45) is 1.63. The first-order chi connectivity index (χ1) is 12.6. The SMILES string of the molecule is Cc1occc1-c1nnc(SCC(=O)NC[C@H](C)c2ccccc2)n1C. The van der Waals surface area contributed by atoms with Gasteiger partial charge in [-0.1, -0.05) is 49.0 Å². The minimum atomic E-state index is -0.0122. The average molecular weight is 370 g/mol. The molecule has 3 aromatic rings. The van der Waals surface area contributed by atoms with Crippen molar-refractivity contribution in [2.45, 2.75) is 24.9 Å². The van der Waals surface area contributed by atoms with Crippen molar-refractivity contribution in [3.63, 3.8) is 0 Å². The predicted molar refractivity (Wildman–Crippen MR) is 102 cm³/mol. The Morgan fingerprint density at radius 2 is 2.04 bits per heavy atom. The number of carbonyl (C=O) groups excluding carboxylic acids is 1. The van der Waals surface area contributed by atoms with Gasteiger partial charge in [-0.3, -0.25) is 4.79 Å². The summed E-state index contributed by atoms with van der Waals surface area (Å²) in [5.41, 5.74) is 2.13. The molecule has 3 rings (SSSR count). The van der Waals surface area contributed by atoms with Crippen LogP contribution in [0.1, 0.15) is 24.2 Å². The fourth-order valence-corrected chi connectivity index (χ4v) is 3.38. The number of nitrogens with zero attached hydrogens (tertiary/aromatic N) is 3. The van der Waals surface area contributed by atoms with Crippen molar-refractivity contribution in [2.24, 2.45) is 7.05 Å². The molecule has 0 saturated carbocycles. The van der Waals surface area contributed by atoms with Gasteiger partial charge in [0.05, 0.1) is 17.6 Å². The van der Waals surface area contributed by atoms with E-state index in [4.69, 9.17) is 4.42 Å². The molecule has 136 valence electrons. The van der Waals surface area contributed by atoms with Gasteiger partial charge in [-0.05, 0) is 24.5 Å². The number of hydrogen-bond acceptors (Lipinski definition) is 5. The molecule has 0 aliphatic carbocycles. The van der Waals surface area contributed by atoms with Gasteiger partial charge in [-0.2, -0.15) is 0 Å². The van der Waals surface area contributed by atoms with Gasteiger partial charge < -0.3 is 14.3 Å². The first-order valence-corrected chi connectivity index (χ1v) is 9.43. The van der Waals surface area contributed by atoms with Gasteiger partial charge in [-0.15, -0.1) is 10.2 Å². The number of hydrogen-bond donors (Lipinski definition) is 1. The molecule has 0 aliphatic rings. The Morgan fingerprint density at radius 3 is 2.73 bits per heavy atom. The Hall–Kier alpha value is -2.54. The van der Waals surface area contributed by atoms with Crippen LogP contribution in [0.4, 0.5) is 0 Å². The standard InChI is InChI=1S/C19H22N4O2S/c1-13(15-7-5-4-6-8-15)11-20-17(24)12-26-19-22-21-18(23(19)3)16-9-10-25-14(16)2/h4-10,13H,11-12H2,1-3H3,(H,20,24)/t13-/m0/s1. The summed E-state index contributed by atoms with van der Waals surface area (Å²) in [6.45, 7) is 4.60. The smallest absolute Gasteiger partial charge is 0.230 e. The number of thioether (sulfide) groups is 1. The first-order valence-electron chi connectivity index (χ1n) is 8.44. The molecule has 7 heteroatoms. The highest BCUT2D eigenvalue weighted by molar-refractivity contribution is 7.99. The molecule has 2 heterocycles. The maximum absolute atomic E-state index is 12.1. The van der Waals surface area contributed by atoms with E-state index in [9.17, 15) is 4.79 Å². The molecule has 1 N–H and O–H groups in total. The number of aromatic nitrogens is 3. The van der Waals surface area contributed by atoms with Crippen LogP contribution >= 0.6 is 11.8 Å². The maximum Gasteiger partial charge on any atom is 0.230 e. The van der Waals surface area contributed by atoms with E-state index in [-0.39, 0.29) is 11.8 Å². The summed E-state index contributed by atoms with van der Waals surface area (Å²) in [4.78, 5) is 12.1. The molecule has 0 aliphatic heterocycles. The van der Waals surface area contributed by atoms with Crippen LogP contribution in [0, 0.1) is 6.92 Å². The van der Waals surface area contributed by atoms with Crippen molar-refractivity contribution in [1.29, 1.82) is 0 Å². The second-order valence-electron chi connectivity index (χ2n) is 6.16. The monoisotopic (exact) mass is 370 g/mol. The summed E-state index contributed by atoms with van der Waals surface area (Å²) < 4.78 is 7.20. The molecule has 0 spiro atoms. The molecule has 1 aromatic carbocycles. The lowest BCUT2D eigenvalue weighted by Crippen LogP contribution is -2.29. The maximum atomic E-state index is 12.1. The Morgan fingerprint density at radius 1 is 1.27 bits per heavy atom. The van der Waals surface area contributed by atoms with E-state index in [1.54, 1.807) is 6.26 Å². The van der Waals surface area contributed by atoms with Gasteiger partial charge in [0.25, 0.3) is 0 Å². The third-order valence-corrected chi connectivity index (χ3v) is 5.26. The lowest BCUT2D eigenvalue weighted by molar-refractivity contribution is -0.118. The van der Waals surface area contributed by atoms with Crippen LogP contribution < -0.4 is 5.32 Å². The van der Waals surface area contributed by atoms with Crippen molar-refractivity contribution in [3.8, 4) is 11.4 Å². The van der Waals surface area contributed by atoms with E-state index < -0.39 is 0 Å². The largest absolute Gasteiger partial charge is 0.469 e. The van der Waals surface area contributed by atoms with Gasteiger partial charge in [0.1, 0.15) is 5.76 Å². The fourth-order valence-electron chi connectivity index (χ4n) is 2.64. The minimum Gasteiger partial charge on any atom is -0.469 e. The number of rotatable bonds is 7. The Labute approximate surface area is 157 Å². The summed E-state index contributed by atoms with van der Waals surface area (Å²) >= 11 is 1.37. The van der Waals surface area contributed by atoms with Gasteiger partial charge in [0.2, 0.25) is 5.91 Å². The Bertz CT molecular complexity index is 873. The third kappa shape index (κ3) is 4.16. The molecule has 0 unspecified atom stereocenters. The topological polar surface area (TPSA) is 72.9 Å². The van der Waals surface area contributed by atoms with E-state index >= 15 is 0 Å². The normalized spacial score (nSPS) is 12.1. The van der Waals surface area contributed by atoms with E-state index in [1.165, 1.54) is 17.3 Å². The highest BCUT2D eigenvalue weighted by atomic mass is 32.2. The highest BCUT2D eigenvalue weighted by Crippen LogP contribution is 2.25. The van der Waals surface area contributed by atoms with Crippen LogP contribution in [0.15, 0.2) is 52.2 Å². The van der Waals surface area contributed by atoms with Gasteiger partial charge in [0.15, 0.2) is 11.0 Å². The molecule has 1 amide bonds. The second kappa shape index (κ2) is 8.23.